The Morgan fingerprint density at radius 3 is 2.17 bits per heavy atom. The summed E-state index contributed by atoms with van der Waals surface area (Å²) in [6.45, 7) is 12.4. The molecule has 4 nitrogen and oxygen atoms in total. The number of rotatable bonds is 2. The molecule has 0 aliphatic carbocycles. The van der Waals surface area contributed by atoms with Crippen LogP contribution in [0.25, 0.3) is 0 Å². The van der Waals surface area contributed by atoms with Crippen molar-refractivity contribution in [2.24, 2.45) is 11.3 Å². The Morgan fingerprint density at radius 1 is 1.17 bits per heavy atom. The SMILES string of the molecule is CC(=O)C(C)(C)C1CCN(C(=O)OC(C)(C)C)C1. The number of Topliss-reactive ketones (excluding diaryl/α,β-unsaturated/α-hetero) is 1. The molecular formula is C14H25NO3. The lowest BCUT2D eigenvalue weighted by molar-refractivity contribution is -0.127. The molecule has 104 valence electrons. The van der Waals surface area contributed by atoms with Gasteiger partial charge in [0.15, 0.2) is 0 Å². The zero-order chi connectivity index (χ0) is 14.1. The number of ketones is 1. The highest BCUT2D eigenvalue weighted by molar-refractivity contribution is 5.82. The smallest absolute Gasteiger partial charge is 0.410 e. The van der Waals surface area contributed by atoms with Gasteiger partial charge in [-0.05, 0) is 40.0 Å². The fourth-order valence-electron chi connectivity index (χ4n) is 2.13. The van der Waals surface area contributed by atoms with Crippen molar-refractivity contribution in [3.05, 3.63) is 0 Å². The van der Waals surface area contributed by atoms with Crippen LogP contribution in [0.2, 0.25) is 0 Å². The van der Waals surface area contributed by atoms with E-state index in [2.05, 4.69) is 0 Å². The summed E-state index contributed by atoms with van der Waals surface area (Å²) in [5.74, 6) is 0.404. The molecule has 1 aliphatic heterocycles. The molecule has 0 radical (unpaired) electrons. The van der Waals surface area contributed by atoms with E-state index in [1.165, 1.54) is 0 Å². The van der Waals surface area contributed by atoms with E-state index in [1.807, 2.05) is 34.6 Å². The molecular weight excluding hydrogens is 230 g/mol. The van der Waals surface area contributed by atoms with Crippen LogP contribution >= 0.6 is 0 Å². The number of ether oxygens (including phenoxy) is 1. The van der Waals surface area contributed by atoms with Crippen molar-refractivity contribution in [2.45, 2.75) is 53.6 Å². The largest absolute Gasteiger partial charge is 0.444 e. The summed E-state index contributed by atoms with van der Waals surface area (Å²) < 4.78 is 5.35. The highest BCUT2D eigenvalue weighted by Crippen LogP contribution is 2.35. The highest BCUT2D eigenvalue weighted by atomic mass is 16.6. The van der Waals surface area contributed by atoms with E-state index in [4.69, 9.17) is 4.74 Å². The van der Waals surface area contributed by atoms with Gasteiger partial charge in [0.05, 0.1) is 0 Å². The van der Waals surface area contributed by atoms with Crippen molar-refractivity contribution in [2.75, 3.05) is 13.1 Å². The number of hydrogen-bond acceptors (Lipinski definition) is 3. The monoisotopic (exact) mass is 255 g/mol. The summed E-state index contributed by atoms with van der Waals surface area (Å²) in [4.78, 5) is 25.3. The number of nitrogens with zero attached hydrogens (tertiary/aromatic N) is 1. The van der Waals surface area contributed by atoms with Crippen molar-refractivity contribution in [3.8, 4) is 0 Å². The number of carbonyl (C=O) groups is 2. The van der Waals surface area contributed by atoms with E-state index >= 15 is 0 Å². The van der Waals surface area contributed by atoms with E-state index in [9.17, 15) is 9.59 Å². The minimum atomic E-state index is -0.467. The van der Waals surface area contributed by atoms with Crippen LogP contribution in [-0.4, -0.2) is 35.5 Å². The van der Waals surface area contributed by atoms with Gasteiger partial charge in [0.25, 0.3) is 0 Å². The predicted molar refractivity (Wildman–Crippen MR) is 70.4 cm³/mol. The van der Waals surface area contributed by atoms with Crippen LogP contribution in [0.5, 0.6) is 0 Å². The third-order valence-electron chi connectivity index (χ3n) is 3.77. The second-order valence-electron chi connectivity index (χ2n) is 6.69. The molecule has 0 aromatic rings. The summed E-state index contributed by atoms with van der Waals surface area (Å²) in [6, 6.07) is 0. The van der Waals surface area contributed by atoms with Gasteiger partial charge in [-0.3, -0.25) is 4.79 Å². The van der Waals surface area contributed by atoms with Gasteiger partial charge in [-0.2, -0.15) is 0 Å². The van der Waals surface area contributed by atoms with Crippen LogP contribution in [0, 0.1) is 11.3 Å². The molecule has 1 unspecified atom stereocenters. The van der Waals surface area contributed by atoms with Gasteiger partial charge in [-0.15, -0.1) is 0 Å². The molecule has 18 heavy (non-hydrogen) atoms. The molecule has 0 spiro atoms. The molecule has 0 N–H and O–H groups in total. The third kappa shape index (κ3) is 3.47. The average Bonchev–Trinajstić information content (AvgIpc) is 2.63. The normalized spacial score (nSPS) is 21.0. The third-order valence-corrected chi connectivity index (χ3v) is 3.77. The van der Waals surface area contributed by atoms with Crippen molar-refractivity contribution in [1.29, 1.82) is 0 Å². The van der Waals surface area contributed by atoms with Gasteiger partial charge < -0.3 is 9.64 Å². The number of likely N-dealkylation sites (tertiary alicyclic amines) is 1. The molecule has 0 aromatic carbocycles. The molecule has 1 fully saturated rings. The summed E-state index contributed by atoms with van der Waals surface area (Å²) in [5, 5.41) is 0. The Bertz CT molecular complexity index is 341. The molecule has 1 atom stereocenters. The lowest BCUT2D eigenvalue weighted by atomic mass is 9.75. The first-order chi connectivity index (χ1) is 8.04. The fraction of sp³-hybridized carbons (Fsp3) is 0.857. The van der Waals surface area contributed by atoms with Crippen molar-refractivity contribution in [3.63, 3.8) is 0 Å². The van der Waals surface area contributed by atoms with Gasteiger partial charge in [-0.1, -0.05) is 13.8 Å². The van der Waals surface area contributed by atoms with E-state index < -0.39 is 5.60 Å². The topological polar surface area (TPSA) is 46.6 Å². The van der Waals surface area contributed by atoms with Crippen molar-refractivity contribution < 1.29 is 14.3 Å². The zero-order valence-electron chi connectivity index (χ0n) is 12.4. The molecule has 0 aromatic heterocycles. The van der Waals surface area contributed by atoms with E-state index in [0.717, 1.165) is 6.42 Å². The van der Waals surface area contributed by atoms with Crippen LogP contribution in [0.15, 0.2) is 0 Å². The van der Waals surface area contributed by atoms with Crippen LogP contribution in [0.4, 0.5) is 4.79 Å². The Kier molecular flexibility index (Phi) is 4.08. The van der Waals surface area contributed by atoms with Gasteiger partial charge in [0, 0.05) is 18.5 Å². The number of hydrogen-bond donors (Lipinski definition) is 0. The highest BCUT2D eigenvalue weighted by Gasteiger charge is 2.40. The van der Waals surface area contributed by atoms with Crippen LogP contribution in [-0.2, 0) is 9.53 Å². The summed E-state index contributed by atoms with van der Waals surface area (Å²) in [5.41, 5.74) is -0.831. The maximum absolute atomic E-state index is 11.9. The lowest BCUT2D eigenvalue weighted by Gasteiger charge is -2.29. The van der Waals surface area contributed by atoms with E-state index in [1.54, 1.807) is 11.8 Å². The Hall–Kier alpha value is -1.06. The standard InChI is InChI=1S/C14H25NO3/c1-10(16)14(5,6)11-7-8-15(9-11)12(17)18-13(2,3)4/h11H,7-9H2,1-6H3. The summed E-state index contributed by atoms with van der Waals surface area (Å²) >= 11 is 0. The van der Waals surface area contributed by atoms with Crippen molar-refractivity contribution >= 4 is 11.9 Å². The molecule has 1 heterocycles. The number of amides is 1. The molecule has 1 amide bonds. The Labute approximate surface area is 110 Å². The first kappa shape index (κ1) is 15.0. The van der Waals surface area contributed by atoms with E-state index in [0.29, 0.717) is 13.1 Å². The predicted octanol–water partition coefficient (Wildman–Crippen LogP) is 2.86. The quantitative estimate of drug-likeness (QED) is 0.762. The van der Waals surface area contributed by atoms with Crippen molar-refractivity contribution in [1.82, 2.24) is 4.90 Å². The molecule has 4 heteroatoms. The minimum Gasteiger partial charge on any atom is -0.444 e. The second kappa shape index (κ2) is 4.90. The maximum atomic E-state index is 11.9. The average molecular weight is 255 g/mol. The Morgan fingerprint density at radius 2 is 1.72 bits per heavy atom. The Balaban J connectivity index is 2.62. The molecule has 1 saturated heterocycles. The van der Waals surface area contributed by atoms with Crippen LogP contribution < -0.4 is 0 Å². The second-order valence-corrected chi connectivity index (χ2v) is 6.69. The van der Waals surface area contributed by atoms with Gasteiger partial charge in [0.1, 0.15) is 11.4 Å². The molecule has 1 aliphatic rings. The summed E-state index contributed by atoms with van der Waals surface area (Å²) in [6.07, 6.45) is 0.593. The molecule has 0 bridgehead atoms. The van der Waals surface area contributed by atoms with Crippen LogP contribution in [0.1, 0.15) is 48.0 Å². The van der Waals surface area contributed by atoms with Gasteiger partial charge in [-0.25, -0.2) is 4.79 Å². The van der Waals surface area contributed by atoms with E-state index in [-0.39, 0.29) is 23.2 Å². The number of carbonyl (C=O) groups excluding carboxylic acids is 2. The first-order valence-corrected chi connectivity index (χ1v) is 6.53. The summed E-state index contributed by atoms with van der Waals surface area (Å²) in [7, 11) is 0. The molecule has 1 rings (SSSR count). The molecule has 0 saturated carbocycles. The van der Waals surface area contributed by atoms with Gasteiger partial charge >= 0.3 is 6.09 Å². The zero-order valence-corrected chi connectivity index (χ0v) is 12.4. The fourth-order valence-corrected chi connectivity index (χ4v) is 2.13. The van der Waals surface area contributed by atoms with Gasteiger partial charge in [0.2, 0.25) is 0 Å². The minimum absolute atomic E-state index is 0.179. The lowest BCUT2D eigenvalue weighted by Crippen LogP contribution is -2.38. The first-order valence-electron chi connectivity index (χ1n) is 6.53. The van der Waals surface area contributed by atoms with Crippen LogP contribution in [0.3, 0.4) is 0 Å². The maximum Gasteiger partial charge on any atom is 0.410 e.